The van der Waals surface area contributed by atoms with E-state index in [4.69, 9.17) is 34.5 Å². The Morgan fingerprint density at radius 3 is 2.50 bits per heavy atom. The molecule has 0 radical (unpaired) electrons. The maximum absolute atomic E-state index is 13.8. The molecule has 1 saturated heterocycles. The SMILES string of the molecule is C=CC1C(OC2OC(CO)C(O)C(O)C2OC(C)C)OC=C(C(=O)OC2CCCCC2)C1C=CC1=C(NC(N)=NCCCO)C(C(=O)O)=C[NH+](CCO)C1. The number of nitrogens with two attached hydrogens (primary N) is 1. The maximum Gasteiger partial charge on any atom is 0.343 e. The van der Waals surface area contributed by atoms with Crippen molar-refractivity contribution < 1.29 is 68.8 Å². The Kier molecular flexibility index (Phi) is 16.7. The molecule has 0 spiro atoms. The highest BCUT2D eigenvalue weighted by Crippen LogP contribution is 2.38. The topological polar surface area (TPSA) is 257 Å². The second kappa shape index (κ2) is 20.9. The van der Waals surface area contributed by atoms with Crippen molar-refractivity contribution >= 4 is 17.9 Å². The Hall–Kier alpha value is -3.65. The molecule has 1 aliphatic carbocycles. The van der Waals surface area contributed by atoms with Crippen molar-refractivity contribution in [1.82, 2.24) is 5.32 Å². The number of carbonyl (C=O) groups is 2. The third kappa shape index (κ3) is 11.2. The van der Waals surface area contributed by atoms with Crippen LogP contribution >= 0.6 is 0 Å². The summed E-state index contributed by atoms with van der Waals surface area (Å²) in [4.78, 5) is 31.2. The van der Waals surface area contributed by atoms with Gasteiger partial charge in [-0.15, -0.1) is 6.58 Å². The Bertz CT molecular complexity index is 1440. The first-order valence-electron chi connectivity index (χ1n) is 18.5. The van der Waals surface area contributed by atoms with Gasteiger partial charge >= 0.3 is 11.9 Å². The largest absolute Gasteiger partial charge is 0.477 e. The number of carboxylic acid groups (broad SMARTS) is 1. The first-order chi connectivity index (χ1) is 25.9. The fourth-order valence-electron chi connectivity index (χ4n) is 6.90. The van der Waals surface area contributed by atoms with Crippen LogP contribution in [0.2, 0.25) is 0 Å². The highest BCUT2D eigenvalue weighted by molar-refractivity contribution is 5.94. The lowest BCUT2D eigenvalue weighted by Crippen LogP contribution is -3.09. The van der Waals surface area contributed by atoms with Gasteiger partial charge in [0, 0.05) is 24.6 Å². The highest BCUT2D eigenvalue weighted by atomic mass is 16.8. The average Bonchev–Trinajstić information content (AvgIpc) is 3.14. The Morgan fingerprint density at radius 2 is 1.87 bits per heavy atom. The lowest BCUT2D eigenvalue weighted by molar-refractivity contribution is -0.843. The zero-order valence-corrected chi connectivity index (χ0v) is 30.9. The summed E-state index contributed by atoms with van der Waals surface area (Å²) in [5.74, 6) is -3.55. The molecule has 2 fully saturated rings. The second-order valence-corrected chi connectivity index (χ2v) is 14.0. The number of aliphatic carboxylic acids is 1. The van der Waals surface area contributed by atoms with Gasteiger partial charge < -0.3 is 70.3 Å². The summed E-state index contributed by atoms with van der Waals surface area (Å²) >= 11 is 0. The smallest absolute Gasteiger partial charge is 0.343 e. The van der Waals surface area contributed by atoms with E-state index in [1.807, 2.05) is 0 Å². The fourth-order valence-corrected chi connectivity index (χ4v) is 6.90. The van der Waals surface area contributed by atoms with Crippen LogP contribution in [0.4, 0.5) is 0 Å². The van der Waals surface area contributed by atoms with Gasteiger partial charge in [0.05, 0.1) is 42.8 Å². The van der Waals surface area contributed by atoms with E-state index in [9.17, 15) is 35.1 Å². The quantitative estimate of drug-likeness (QED) is 0.0275. The molecule has 17 heteroatoms. The van der Waals surface area contributed by atoms with Crippen LogP contribution in [0.1, 0.15) is 52.4 Å². The molecule has 10 N–H and O–H groups in total. The van der Waals surface area contributed by atoms with Gasteiger partial charge in [-0.1, -0.05) is 24.6 Å². The molecule has 302 valence electrons. The van der Waals surface area contributed by atoms with Crippen LogP contribution in [0.3, 0.4) is 0 Å². The van der Waals surface area contributed by atoms with E-state index in [2.05, 4.69) is 16.9 Å². The fraction of sp³-hybridized carbons (Fsp3) is 0.649. The predicted octanol–water partition coefficient (Wildman–Crippen LogP) is -1.27. The molecule has 0 bridgehead atoms. The number of nitrogens with zero attached hydrogens (tertiary/aromatic N) is 1. The van der Waals surface area contributed by atoms with E-state index in [1.165, 1.54) is 18.5 Å². The molecule has 54 heavy (non-hydrogen) atoms. The highest BCUT2D eigenvalue weighted by Gasteiger charge is 2.49. The zero-order valence-electron chi connectivity index (χ0n) is 30.9. The van der Waals surface area contributed by atoms with Crippen molar-refractivity contribution in [3.63, 3.8) is 0 Å². The first-order valence-corrected chi connectivity index (χ1v) is 18.5. The maximum atomic E-state index is 13.8. The molecule has 4 rings (SSSR count). The molecule has 0 aromatic heterocycles. The minimum atomic E-state index is -1.48. The first kappa shape index (κ1) is 43.1. The van der Waals surface area contributed by atoms with Crippen molar-refractivity contribution in [3.05, 3.63) is 59.7 Å². The van der Waals surface area contributed by atoms with Gasteiger partial charge in [0.25, 0.3) is 0 Å². The molecule has 0 amide bonds. The Morgan fingerprint density at radius 1 is 1.13 bits per heavy atom. The van der Waals surface area contributed by atoms with E-state index in [0.29, 0.717) is 16.9 Å². The molecule has 1 saturated carbocycles. The number of aliphatic imine (C=N–C) groups is 1. The number of esters is 1. The van der Waals surface area contributed by atoms with Crippen molar-refractivity contribution in [2.24, 2.45) is 22.6 Å². The summed E-state index contributed by atoms with van der Waals surface area (Å²) in [7, 11) is 0. The summed E-state index contributed by atoms with van der Waals surface area (Å²) in [5, 5.41) is 63.4. The third-order valence-electron chi connectivity index (χ3n) is 9.65. The lowest BCUT2D eigenvalue weighted by Gasteiger charge is -2.44. The number of aliphatic hydroxyl groups is 5. The van der Waals surface area contributed by atoms with Gasteiger partial charge in [0.1, 0.15) is 55.4 Å². The number of ether oxygens (including phenoxy) is 5. The molecule has 9 unspecified atom stereocenters. The molecular formula is C37H57N4O13+. The van der Waals surface area contributed by atoms with E-state index in [1.54, 1.807) is 26.0 Å². The van der Waals surface area contributed by atoms with E-state index in [-0.39, 0.29) is 61.8 Å². The van der Waals surface area contributed by atoms with Crippen LogP contribution in [0, 0.1) is 11.8 Å². The summed E-state index contributed by atoms with van der Waals surface area (Å²) < 4.78 is 30.0. The summed E-state index contributed by atoms with van der Waals surface area (Å²) in [6.45, 7) is 7.17. The van der Waals surface area contributed by atoms with Gasteiger partial charge in [-0.2, -0.15) is 0 Å². The second-order valence-electron chi connectivity index (χ2n) is 14.0. The van der Waals surface area contributed by atoms with Gasteiger partial charge in [0.15, 0.2) is 12.2 Å². The van der Waals surface area contributed by atoms with Crippen LogP contribution in [0.5, 0.6) is 0 Å². The summed E-state index contributed by atoms with van der Waals surface area (Å²) in [6, 6.07) is 0. The van der Waals surface area contributed by atoms with E-state index in [0.717, 1.165) is 32.1 Å². The van der Waals surface area contributed by atoms with Gasteiger partial charge in [-0.05, 0) is 46.0 Å². The normalized spacial score (nSPS) is 31.2. The Balaban J connectivity index is 1.75. The molecular weight excluding hydrogens is 708 g/mol. The van der Waals surface area contributed by atoms with E-state index >= 15 is 0 Å². The number of guanidine groups is 1. The lowest BCUT2D eigenvalue weighted by atomic mass is 9.83. The zero-order chi connectivity index (χ0) is 39.4. The number of quaternary nitrogens is 1. The molecule has 9 atom stereocenters. The van der Waals surface area contributed by atoms with Crippen LogP contribution in [-0.4, -0.2) is 137 Å². The molecule has 3 heterocycles. The standard InChI is InChI=1S/C37H56N4O13/c1-4-24-25(12-11-22-17-41(14-16-43)18-26(33(47)48)29(22)40-37(38)39-13-8-15-42)27(34(49)52-23-9-6-5-7-10-23)20-50-35(24)54-36-32(51-21(2)3)31(46)30(45)28(19-44)53-36/h4,11-12,18,20-21,23-25,28,30-32,35-36,42-46H,1,5-10,13-17,19H2,2-3H3,(H,47,48)(H3,38,39,40)/p+1. The van der Waals surface area contributed by atoms with Gasteiger partial charge in [-0.3, -0.25) is 4.99 Å². The molecule has 17 nitrogen and oxygen atoms in total. The summed E-state index contributed by atoms with van der Waals surface area (Å²) in [6.07, 6.45) is 3.80. The molecule has 4 aliphatic rings. The van der Waals surface area contributed by atoms with Crippen LogP contribution < -0.4 is 16.0 Å². The molecule has 0 aromatic rings. The van der Waals surface area contributed by atoms with Crippen molar-refractivity contribution in [2.45, 2.75) is 102 Å². The molecule has 0 aromatic carbocycles. The number of hydrogen-bond acceptors (Lipinski definition) is 13. The molecule has 3 aliphatic heterocycles. The van der Waals surface area contributed by atoms with Crippen molar-refractivity contribution in [1.29, 1.82) is 0 Å². The number of carboxylic acids is 1. The van der Waals surface area contributed by atoms with Crippen molar-refractivity contribution in [3.8, 4) is 0 Å². The minimum Gasteiger partial charge on any atom is -0.477 e. The number of allylic oxidation sites excluding steroid dienone is 1. The van der Waals surface area contributed by atoms with Crippen LogP contribution in [0.15, 0.2) is 64.7 Å². The monoisotopic (exact) mass is 765 g/mol. The minimum absolute atomic E-state index is 0.0682. The van der Waals surface area contributed by atoms with Crippen molar-refractivity contribution in [2.75, 3.05) is 39.5 Å². The number of hydrogen-bond donors (Lipinski definition) is 9. The summed E-state index contributed by atoms with van der Waals surface area (Å²) in [5.41, 5.74) is 6.78. The predicted molar refractivity (Wildman–Crippen MR) is 193 cm³/mol. The number of aliphatic hydroxyl groups excluding tert-OH is 5. The number of carbonyl (C=O) groups excluding carboxylic acids is 1. The average molecular weight is 766 g/mol. The Labute approximate surface area is 315 Å². The number of nitrogens with one attached hydrogen (secondary N) is 2. The third-order valence-corrected chi connectivity index (χ3v) is 9.65. The van der Waals surface area contributed by atoms with E-state index < -0.39 is 73.5 Å². The number of rotatable bonds is 17. The van der Waals surface area contributed by atoms with Gasteiger partial charge in [0.2, 0.25) is 6.29 Å². The van der Waals surface area contributed by atoms with Gasteiger partial charge in [-0.25, -0.2) is 9.59 Å². The van der Waals surface area contributed by atoms with Crippen LogP contribution in [-0.2, 0) is 33.3 Å². The van der Waals surface area contributed by atoms with Crippen LogP contribution in [0.25, 0.3) is 0 Å².